The number of hydrogen-bond acceptors (Lipinski definition) is 3. The second-order valence-electron chi connectivity index (χ2n) is 3.45. The first-order valence-corrected chi connectivity index (χ1v) is 6.09. The Bertz CT molecular complexity index is 317. The van der Waals surface area contributed by atoms with Gasteiger partial charge in [-0.3, -0.25) is 0 Å². The summed E-state index contributed by atoms with van der Waals surface area (Å²) < 4.78 is 0. The highest BCUT2D eigenvalue weighted by Gasteiger charge is 1.95. The van der Waals surface area contributed by atoms with Gasteiger partial charge in [-0.1, -0.05) is 0 Å². The average molecular weight is 221 g/mol. The summed E-state index contributed by atoms with van der Waals surface area (Å²) in [7, 11) is 0. The van der Waals surface area contributed by atoms with E-state index in [0.717, 1.165) is 31.8 Å². The monoisotopic (exact) mass is 221 g/mol. The van der Waals surface area contributed by atoms with E-state index < -0.39 is 0 Å². The van der Waals surface area contributed by atoms with E-state index in [1.807, 2.05) is 6.20 Å². The summed E-state index contributed by atoms with van der Waals surface area (Å²) in [4.78, 5) is 7.29. The minimum absolute atomic E-state index is 0.974. The van der Waals surface area contributed by atoms with E-state index in [0.29, 0.717) is 0 Å². The number of rotatable bonds is 6. The van der Waals surface area contributed by atoms with E-state index >= 15 is 0 Å². The fourth-order valence-electron chi connectivity index (χ4n) is 1.44. The molecule has 0 amide bonds. The van der Waals surface area contributed by atoms with E-state index in [1.165, 1.54) is 5.56 Å². The van der Waals surface area contributed by atoms with Gasteiger partial charge in [0.05, 0.1) is 0 Å². The summed E-state index contributed by atoms with van der Waals surface area (Å²) >= 11 is 1.75. The summed E-state index contributed by atoms with van der Waals surface area (Å²) in [6.07, 6.45) is 5.81. The molecule has 0 saturated heterocycles. The third-order valence-electron chi connectivity index (χ3n) is 2.23. The third kappa shape index (κ3) is 3.49. The number of aromatic nitrogens is 2. The molecule has 0 aliphatic heterocycles. The summed E-state index contributed by atoms with van der Waals surface area (Å²) in [6.45, 7) is 2.01. The molecule has 0 bridgehead atoms. The maximum Gasteiger partial charge on any atom is 0.106 e. The average Bonchev–Trinajstić information content (AvgIpc) is 2.88. The lowest BCUT2D eigenvalue weighted by Crippen LogP contribution is -2.14. The summed E-state index contributed by atoms with van der Waals surface area (Å²) in [5.74, 6) is 1.08. The Hall–Kier alpha value is -1.13. The summed E-state index contributed by atoms with van der Waals surface area (Å²) in [6, 6.07) is 2.16. The van der Waals surface area contributed by atoms with Crippen LogP contribution in [-0.4, -0.2) is 16.5 Å². The first kappa shape index (κ1) is 10.4. The number of aromatic amines is 1. The zero-order valence-electron chi connectivity index (χ0n) is 8.57. The number of thiophene rings is 1. The van der Waals surface area contributed by atoms with E-state index in [9.17, 15) is 0 Å². The highest BCUT2D eigenvalue weighted by Crippen LogP contribution is 2.04. The molecule has 0 unspecified atom stereocenters. The van der Waals surface area contributed by atoms with Crippen molar-refractivity contribution in [1.29, 1.82) is 0 Å². The fraction of sp³-hybridized carbons (Fsp3) is 0.364. The molecule has 2 rings (SSSR count). The van der Waals surface area contributed by atoms with Gasteiger partial charge in [0.15, 0.2) is 0 Å². The van der Waals surface area contributed by atoms with Crippen molar-refractivity contribution in [3.63, 3.8) is 0 Å². The predicted molar refractivity (Wildman–Crippen MR) is 62.9 cm³/mol. The Labute approximate surface area is 93.6 Å². The molecular weight excluding hydrogens is 206 g/mol. The van der Waals surface area contributed by atoms with Crippen molar-refractivity contribution in [2.24, 2.45) is 0 Å². The molecule has 0 saturated carbocycles. The molecule has 0 spiro atoms. The molecule has 0 fully saturated rings. The van der Waals surface area contributed by atoms with Crippen LogP contribution in [-0.2, 0) is 13.0 Å². The topological polar surface area (TPSA) is 40.7 Å². The number of imidazole rings is 1. The van der Waals surface area contributed by atoms with Crippen molar-refractivity contribution in [1.82, 2.24) is 15.3 Å². The van der Waals surface area contributed by atoms with E-state index in [-0.39, 0.29) is 0 Å². The van der Waals surface area contributed by atoms with Crippen molar-refractivity contribution in [2.75, 3.05) is 6.54 Å². The zero-order chi connectivity index (χ0) is 10.3. The number of H-pyrrole nitrogens is 1. The van der Waals surface area contributed by atoms with Gasteiger partial charge in [0.25, 0.3) is 0 Å². The Morgan fingerprint density at radius 3 is 3.20 bits per heavy atom. The maximum absolute atomic E-state index is 4.18. The zero-order valence-corrected chi connectivity index (χ0v) is 9.39. The largest absolute Gasteiger partial charge is 0.349 e. The van der Waals surface area contributed by atoms with Gasteiger partial charge >= 0.3 is 0 Å². The molecule has 15 heavy (non-hydrogen) atoms. The van der Waals surface area contributed by atoms with E-state index in [4.69, 9.17) is 0 Å². The number of nitrogens with zero attached hydrogens (tertiary/aromatic N) is 1. The normalized spacial score (nSPS) is 10.7. The van der Waals surface area contributed by atoms with Crippen LogP contribution in [0.5, 0.6) is 0 Å². The van der Waals surface area contributed by atoms with Gasteiger partial charge in [0, 0.05) is 25.4 Å². The van der Waals surface area contributed by atoms with Gasteiger partial charge in [-0.15, -0.1) is 0 Å². The Balaban J connectivity index is 1.56. The van der Waals surface area contributed by atoms with Crippen LogP contribution in [0.25, 0.3) is 0 Å². The van der Waals surface area contributed by atoms with Crippen LogP contribution in [0.3, 0.4) is 0 Å². The quantitative estimate of drug-likeness (QED) is 0.734. The van der Waals surface area contributed by atoms with Crippen LogP contribution >= 0.6 is 11.3 Å². The lowest BCUT2D eigenvalue weighted by Gasteiger charge is -2.01. The lowest BCUT2D eigenvalue weighted by molar-refractivity contribution is 0.642. The molecule has 4 heteroatoms. The molecule has 2 aromatic heterocycles. The van der Waals surface area contributed by atoms with Crippen LogP contribution < -0.4 is 5.32 Å². The van der Waals surface area contributed by atoms with Crippen molar-refractivity contribution < 1.29 is 0 Å². The second kappa shape index (κ2) is 5.68. The third-order valence-corrected chi connectivity index (χ3v) is 2.96. The van der Waals surface area contributed by atoms with Gasteiger partial charge in [-0.25, -0.2) is 4.98 Å². The maximum atomic E-state index is 4.18. The molecule has 2 N–H and O–H groups in total. The molecule has 0 aromatic carbocycles. The molecule has 0 radical (unpaired) electrons. The number of nitrogens with one attached hydrogen (secondary N) is 2. The molecule has 2 aromatic rings. The highest BCUT2D eigenvalue weighted by molar-refractivity contribution is 7.07. The van der Waals surface area contributed by atoms with Crippen molar-refractivity contribution >= 4 is 11.3 Å². The van der Waals surface area contributed by atoms with Crippen molar-refractivity contribution in [2.45, 2.75) is 19.4 Å². The standard InChI is InChI=1S/C11H15N3S/c1(2-11-13-5-6-14-11)4-12-8-10-3-7-15-9-10/h3,5-7,9,12H,1-2,4,8H2,(H,13,14). The van der Waals surface area contributed by atoms with E-state index in [2.05, 4.69) is 32.1 Å². The smallest absolute Gasteiger partial charge is 0.106 e. The first-order chi connectivity index (χ1) is 7.45. The summed E-state index contributed by atoms with van der Waals surface area (Å²) in [5.41, 5.74) is 1.37. The van der Waals surface area contributed by atoms with Gasteiger partial charge in [0.2, 0.25) is 0 Å². The minimum Gasteiger partial charge on any atom is -0.349 e. The molecule has 2 heterocycles. The number of aryl methyl sites for hydroxylation is 1. The molecule has 0 aliphatic carbocycles. The molecule has 0 aliphatic rings. The van der Waals surface area contributed by atoms with E-state index in [1.54, 1.807) is 17.5 Å². The Morgan fingerprint density at radius 2 is 2.47 bits per heavy atom. The highest BCUT2D eigenvalue weighted by atomic mass is 32.1. The SMILES string of the molecule is c1c[nH]c(CCCNCc2ccsc2)n1. The lowest BCUT2D eigenvalue weighted by atomic mass is 10.3. The second-order valence-corrected chi connectivity index (χ2v) is 4.23. The van der Waals surface area contributed by atoms with Crippen LogP contribution in [0.15, 0.2) is 29.2 Å². The fourth-order valence-corrected chi connectivity index (χ4v) is 2.11. The van der Waals surface area contributed by atoms with Gasteiger partial charge in [0.1, 0.15) is 5.82 Å². The van der Waals surface area contributed by atoms with Gasteiger partial charge < -0.3 is 10.3 Å². The Morgan fingerprint density at radius 1 is 1.47 bits per heavy atom. The molecule has 80 valence electrons. The minimum atomic E-state index is 0.974. The van der Waals surface area contributed by atoms with Gasteiger partial charge in [-0.2, -0.15) is 11.3 Å². The molecular formula is C11H15N3S. The van der Waals surface area contributed by atoms with Crippen LogP contribution in [0, 0.1) is 0 Å². The number of hydrogen-bond donors (Lipinski definition) is 2. The summed E-state index contributed by atoms with van der Waals surface area (Å²) in [5, 5.41) is 7.71. The predicted octanol–water partition coefficient (Wildman–Crippen LogP) is 2.19. The van der Waals surface area contributed by atoms with Crippen molar-refractivity contribution in [3.8, 4) is 0 Å². The van der Waals surface area contributed by atoms with Crippen LogP contribution in [0.4, 0.5) is 0 Å². The Kier molecular flexibility index (Phi) is 3.93. The molecule has 0 atom stereocenters. The van der Waals surface area contributed by atoms with Gasteiger partial charge in [-0.05, 0) is 35.4 Å². The first-order valence-electron chi connectivity index (χ1n) is 5.15. The van der Waals surface area contributed by atoms with Crippen LogP contribution in [0.1, 0.15) is 17.8 Å². The van der Waals surface area contributed by atoms with Crippen molar-refractivity contribution in [3.05, 3.63) is 40.6 Å². The molecule has 3 nitrogen and oxygen atoms in total. The van der Waals surface area contributed by atoms with Crippen LogP contribution in [0.2, 0.25) is 0 Å².